The first kappa shape index (κ1) is 9.04. The second kappa shape index (κ2) is 3.32. The Labute approximate surface area is 83.3 Å². The first-order valence-electron chi connectivity index (χ1n) is 4.65. The van der Waals surface area contributed by atoms with Crippen molar-refractivity contribution in [2.75, 3.05) is 0 Å². The molecular formula is C11H13ClO. The van der Waals surface area contributed by atoms with Crippen LogP contribution in [0.25, 0.3) is 0 Å². The molecule has 1 aromatic rings. The van der Waals surface area contributed by atoms with E-state index in [1.807, 2.05) is 24.3 Å². The van der Waals surface area contributed by atoms with Crippen LogP contribution in [0.5, 0.6) is 0 Å². The maximum absolute atomic E-state index is 9.90. The van der Waals surface area contributed by atoms with Gasteiger partial charge in [0.2, 0.25) is 0 Å². The number of rotatable bonds is 2. The molecular weight excluding hydrogens is 184 g/mol. The van der Waals surface area contributed by atoms with Gasteiger partial charge in [-0.25, -0.2) is 0 Å². The summed E-state index contributed by atoms with van der Waals surface area (Å²) in [5.74, 6) is 0. The first-order valence-corrected chi connectivity index (χ1v) is 5.03. The van der Waals surface area contributed by atoms with Crippen LogP contribution in [0.15, 0.2) is 24.3 Å². The van der Waals surface area contributed by atoms with Crippen LogP contribution in [0.4, 0.5) is 0 Å². The fourth-order valence-electron chi connectivity index (χ4n) is 1.74. The van der Waals surface area contributed by atoms with Crippen LogP contribution in [0.1, 0.15) is 24.8 Å². The highest BCUT2D eigenvalue weighted by Gasteiger charge is 2.34. The minimum absolute atomic E-state index is 0.423. The lowest BCUT2D eigenvalue weighted by molar-refractivity contribution is -0.0322. The summed E-state index contributed by atoms with van der Waals surface area (Å²) in [6.45, 7) is 0. The molecule has 0 amide bonds. The topological polar surface area (TPSA) is 20.2 Å². The molecule has 0 heterocycles. The van der Waals surface area contributed by atoms with Gasteiger partial charge in [0, 0.05) is 11.4 Å². The fourth-order valence-corrected chi connectivity index (χ4v) is 1.87. The zero-order valence-corrected chi connectivity index (χ0v) is 8.22. The van der Waals surface area contributed by atoms with Crippen molar-refractivity contribution >= 4 is 11.6 Å². The van der Waals surface area contributed by atoms with Gasteiger partial charge in [-0.2, -0.15) is 0 Å². The SMILES string of the molecule is OC1(Cc2ccc(Cl)cc2)CCC1. The molecule has 0 aliphatic heterocycles. The zero-order chi connectivity index (χ0) is 9.31. The van der Waals surface area contributed by atoms with Gasteiger partial charge in [0.1, 0.15) is 0 Å². The van der Waals surface area contributed by atoms with E-state index in [4.69, 9.17) is 11.6 Å². The van der Waals surface area contributed by atoms with Crippen molar-refractivity contribution in [3.05, 3.63) is 34.9 Å². The third-order valence-electron chi connectivity index (χ3n) is 2.73. The number of aliphatic hydroxyl groups is 1. The molecule has 70 valence electrons. The van der Waals surface area contributed by atoms with Gasteiger partial charge in [-0.05, 0) is 37.0 Å². The summed E-state index contributed by atoms with van der Waals surface area (Å²) in [5, 5.41) is 10.7. The molecule has 1 saturated carbocycles. The summed E-state index contributed by atoms with van der Waals surface area (Å²) in [7, 11) is 0. The molecule has 0 radical (unpaired) electrons. The lowest BCUT2D eigenvalue weighted by Crippen LogP contribution is -2.38. The summed E-state index contributed by atoms with van der Waals surface area (Å²) in [6, 6.07) is 7.72. The minimum Gasteiger partial charge on any atom is -0.390 e. The predicted molar refractivity (Wildman–Crippen MR) is 54.0 cm³/mol. The average molecular weight is 197 g/mol. The monoisotopic (exact) mass is 196 g/mol. The van der Waals surface area contributed by atoms with Crippen LogP contribution >= 0.6 is 11.6 Å². The molecule has 0 aromatic heterocycles. The number of benzene rings is 1. The van der Waals surface area contributed by atoms with Crippen molar-refractivity contribution in [1.82, 2.24) is 0 Å². The third-order valence-corrected chi connectivity index (χ3v) is 2.98. The van der Waals surface area contributed by atoms with Gasteiger partial charge in [0.15, 0.2) is 0 Å². The highest BCUT2D eigenvalue weighted by atomic mass is 35.5. The van der Waals surface area contributed by atoms with Crippen LogP contribution in [0.2, 0.25) is 5.02 Å². The Kier molecular flexibility index (Phi) is 2.31. The fraction of sp³-hybridized carbons (Fsp3) is 0.455. The Morgan fingerprint density at radius 3 is 2.31 bits per heavy atom. The van der Waals surface area contributed by atoms with Crippen molar-refractivity contribution < 1.29 is 5.11 Å². The first-order chi connectivity index (χ1) is 6.18. The van der Waals surface area contributed by atoms with Gasteiger partial charge in [-0.15, -0.1) is 0 Å². The van der Waals surface area contributed by atoms with E-state index in [2.05, 4.69) is 0 Å². The molecule has 13 heavy (non-hydrogen) atoms. The maximum Gasteiger partial charge on any atom is 0.0688 e. The molecule has 0 unspecified atom stereocenters. The number of halogens is 1. The lowest BCUT2D eigenvalue weighted by atomic mass is 9.76. The smallest absolute Gasteiger partial charge is 0.0688 e. The largest absolute Gasteiger partial charge is 0.390 e. The van der Waals surface area contributed by atoms with Gasteiger partial charge < -0.3 is 5.11 Å². The quantitative estimate of drug-likeness (QED) is 0.772. The van der Waals surface area contributed by atoms with Crippen LogP contribution in [-0.2, 0) is 6.42 Å². The standard InChI is InChI=1S/C11H13ClO/c12-10-4-2-9(3-5-10)8-11(13)6-1-7-11/h2-5,13H,1,6-8H2. The predicted octanol–water partition coefficient (Wildman–Crippen LogP) is 2.80. The Bertz CT molecular complexity index is 287. The summed E-state index contributed by atoms with van der Waals surface area (Å²) >= 11 is 5.77. The van der Waals surface area contributed by atoms with Crippen LogP contribution < -0.4 is 0 Å². The molecule has 0 atom stereocenters. The second-order valence-electron chi connectivity index (χ2n) is 3.88. The molecule has 1 N–H and O–H groups in total. The Morgan fingerprint density at radius 2 is 1.85 bits per heavy atom. The zero-order valence-electron chi connectivity index (χ0n) is 7.46. The van der Waals surface area contributed by atoms with Crippen molar-refractivity contribution in [3.8, 4) is 0 Å². The van der Waals surface area contributed by atoms with Crippen molar-refractivity contribution in [1.29, 1.82) is 0 Å². The molecule has 1 aromatic carbocycles. The van der Waals surface area contributed by atoms with E-state index in [9.17, 15) is 5.11 Å². The lowest BCUT2D eigenvalue weighted by Gasteiger charge is -2.36. The second-order valence-corrected chi connectivity index (χ2v) is 4.32. The van der Waals surface area contributed by atoms with Crippen LogP contribution in [0.3, 0.4) is 0 Å². The van der Waals surface area contributed by atoms with E-state index >= 15 is 0 Å². The number of hydrogen-bond acceptors (Lipinski definition) is 1. The summed E-state index contributed by atoms with van der Waals surface area (Å²) in [4.78, 5) is 0. The van der Waals surface area contributed by atoms with Crippen molar-refractivity contribution in [2.45, 2.75) is 31.3 Å². The van der Waals surface area contributed by atoms with Crippen LogP contribution in [0, 0.1) is 0 Å². The van der Waals surface area contributed by atoms with Gasteiger partial charge in [-0.1, -0.05) is 23.7 Å². The molecule has 0 saturated heterocycles. The minimum atomic E-state index is -0.423. The molecule has 2 heteroatoms. The van der Waals surface area contributed by atoms with E-state index in [1.165, 1.54) is 5.56 Å². The third kappa shape index (κ3) is 2.04. The Balaban J connectivity index is 2.05. The molecule has 0 bridgehead atoms. The normalized spacial score (nSPS) is 19.5. The van der Waals surface area contributed by atoms with Crippen molar-refractivity contribution in [2.24, 2.45) is 0 Å². The molecule has 1 aliphatic rings. The molecule has 1 nitrogen and oxygen atoms in total. The van der Waals surface area contributed by atoms with E-state index in [-0.39, 0.29) is 0 Å². The van der Waals surface area contributed by atoms with E-state index in [0.717, 1.165) is 30.7 Å². The van der Waals surface area contributed by atoms with E-state index in [0.29, 0.717) is 0 Å². The average Bonchev–Trinajstić information content (AvgIpc) is 2.06. The Morgan fingerprint density at radius 1 is 1.23 bits per heavy atom. The highest BCUT2D eigenvalue weighted by Crippen LogP contribution is 2.34. The molecule has 1 aliphatic carbocycles. The van der Waals surface area contributed by atoms with E-state index < -0.39 is 5.60 Å². The maximum atomic E-state index is 9.90. The van der Waals surface area contributed by atoms with Gasteiger partial charge in [0.05, 0.1) is 5.60 Å². The van der Waals surface area contributed by atoms with Gasteiger partial charge in [-0.3, -0.25) is 0 Å². The van der Waals surface area contributed by atoms with Gasteiger partial charge in [0.25, 0.3) is 0 Å². The highest BCUT2D eigenvalue weighted by molar-refractivity contribution is 6.30. The number of hydrogen-bond donors (Lipinski definition) is 1. The summed E-state index contributed by atoms with van der Waals surface area (Å²) in [5.41, 5.74) is 0.750. The van der Waals surface area contributed by atoms with Crippen LogP contribution in [-0.4, -0.2) is 10.7 Å². The molecule has 0 spiro atoms. The van der Waals surface area contributed by atoms with Crippen molar-refractivity contribution in [3.63, 3.8) is 0 Å². The summed E-state index contributed by atoms with van der Waals surface area (Å²) < 4.78 is 0. The van der Waals surface area contributed by atoms with Gasteiger partial charge >= 0.3 is 0 Å². The molecule has 2 rings (SSSR count). The molecule has 1 fully saturated rings. The van der Waals surface area contributed by atoms with E-state index in [1.54, 1.807) is 0 Å². The Hall–Kier alpha value is -0.530. The summed E-state index contributed by atoms with van der Waals surface area (Å²) in [6.07, 6.45) is 3.81.